The lowest BCUT2D eigenvalue weighted by Crippen LogP contribution is -2.05. The summed E-state index contributed by atoms with van der Waals surface area (Å²) in [4.78, 5) is 12.4. The summed E-state index contributed by atoms with van der Waals surface area (Å²) in [5.41, 5.74) is 3.43. The van der Waals surface area contributed by atoms with E-state index in [-0.39, 0.29) is 5.78 Å². The Bertz CT molecular complexity index is 866. The van der Waals surface area contributed by atoms with Crippen LogP contribution in [0, 0.1) is 0 Å². The molecule has 126 valence electrons. The molecule has 4 heteroatoms. The molecule has 0 saturated carbocycles. The fraction of sp³-hybridized carbons (Fsp3) is 0.238. The van der Waals surface area contributed by atoms with Crippen LogP contribution in [0.25, 0.3) is 0 Å². The summed E-state index contributed by atoms with van der Waals surface area (Å²) in [7, 11) is 0. The summed E-state index contributed by atoms with van der Waals surface area (Å²) in [6, 6.07) is 16.5. The third-order valence-corrected chi connectivity index (χ3v) is 4.56. The van der Waals surface area contributed by atoms with Gasteiger partial charge in [-0.1, -0.05) is 35.5 Å². The molecule has 0 unspecified atom stereocenters. The molecule has 0 fully saturated rings. The first-order valence-electron chi connectivity index (χ1n) is 8.60. The second-order valence-electron chi connectivity index (χ2n) is 6.25. The van der Waals surface area contributed by atoms with Gasteiger partial charge in [-0.3, -0.25) is 4.79 Å². The van der Waals surface area contributed by atoms with Gasteiger partial charge in [-0.25, -0.2) is 0 Å². The van der Waals surface area contributed by atoms with Gasteiger partial charge < -0.3 is 9.26 Å². The molecule has 1 aliphatic carbocycles. The first kappa shape index (κ1) is 15.6. The van der Waals surface area contributed by atoms with Gasteiger partial charge in [0.1, 0.15) is 23.8 Å². The topological polar surface area (TPSA) is 52.3 Å². The van der Waals surface area contributed by atoms with Gasteiger partial charge in [0.05, 0.1) is 0 Å². The molecule has 25 heavy (non-hydrogen) atoms. The average molecular weight is 333 g/mol. The number of carbonyl (C=O) groups is 1. The van der Waals surface area contributed by atoms with E-state index in [0.717, 1.165) is 30.0 Å². The average Bonchev–Trinajstić information content (AvgIpc) is 3.10. The molecule has 0 saturated heterocycles. The van der Waals surface area contributed by atoms with Crippen LogP contribution in [0.5, 0.6) is 5.75 Å². The number of benzene rings is 2. The molecule has 0 aliphatic heterocycles. The van der Waals surface area contributed by atoms with E-state index >= 15 is 0 Å². The quantitative estimate of drug-likeness (QED) is 0.651. The Morgan fingerprint density at radius 2 is 1.68 bits per heavy atom. The molecule has 0 atom stereocenters. The SMILES string of the molecule is O=C(c1ccccc1)c1ccc(OCc2noc3c2CCCC3)cc1. The molecule has 0 spiro atoms. The molecule has 1 aromatic heterocycles. The van der Waals surface area contributed by atoms with E-state index in [4.69, 9.17) is 9.26 Å². The molecule has 0 N–H and O–H groups in total. The van der Waals surface area contributed by atoms with Gasteiger partial charge in [-0.15, -0.1) is 0 Å². The lowest BCUT2D eigenvalue weighted by molar-refractivity contribution is 0.103. The largest absolute Gasteiger partial charge is 0.487 e. The summed E-state index contributed by atoms with van der Waals surface area (Å²) in [6.07, 6.45) is 4.33. The summed E-state index contributed by atoms with van der Waals surface area (Å²) in [6.45, 7) is 0.394. The van der Waals surface area contributed by atoms with Gasteiger partial charge in [-0.2, -0.15) is 0 Å². The Morgan fingerprint density at radius 1 is 0.960 bits per heavy atom. The lowest BCUT2D eigenvalue weighted by atomic mass is 9.97. The normalized spacial score (nSPS) is 13.3. The van der Waals surface area contributed by atoms with Crippen LogP contribution < -0.4 is 4.74 Å². The minimum absolute atomic E-state index is 0.0118. The van der Waals surface area contributed by atoms with Crippen LogP contribution in [0.3, 0.4) is 0 Å². The zero-order valence-electron chi connectivity index (χ0n) is 13.9. The van der Waals surface area contributed by atoms with Crippen molar-refractivity contribution in [2.75, 3.05) is 0 Å². The third-order valence-electron chi connectivity index (χ3n) is 4.56. The Balaban J connectivity index is 1.43. The van der Waals surface area contributed by atoms with E-state index in [1.165, 1.54) is 18.4 Å². The third kappa shape index (κ3) is 3.33. The van der Waals surface area contributed by atoms with E-state index < -0.39 is 0 Å². The van der Waals surface area contributed by atoms with Crippen molar-refractivity contribution in [3.63, 3.8) is 0 Å². The molecular weight excluding hydrogens is 314 g/mol. The van der Waals surface area contributed by atoms with Crippen molar-refractivity contribution in [2.45, 2.75) is 32.3 Å². The maximum atomic E-state index is 12.4. The number of aromatic nitrogens is 1. The maximum absolute atomic E-state index is 12.4. The summed E-state index contributed by atoms with van der Waals surface area (Å²) >= 11 is 0. The predicted molar refractivity (Wildman–Crippen MR) is 93.8 cm³/mol. The Morgan fingerprint density at radius 3 is 2.48 bits per heavy atom. The second kappa shape index (κ2) is 6.93. The zero-order chi connectivity index (χ0) is 17.1. The highest BCUT2D eigenvalue weighted by Gasteiger charge is 2.19. The number of rotatable bonds is 5. The van der Waals surface area contributed by atoms with Crippen LogP contribution in [0.15, 0.2) is 59.1 Å². The van der Waals surface area contributed by atoms with Gasteiger partial charge in [0.15, 0.2) is 5.78 Å². The maximum Gasteiger partial charge on any atom is 0.193 e. The molecule has 0 bridgehead atoms. The minimum atomic E-state index is 0.0118. The van der Waals surface area contributed by atoms with Crippen LogP contribution in [-0.2, 0) is 19.4 Å². The molecule has 3 aromatic rings. The summed E-state index contributed by atoms with van der Waals surface area (Å²) < 4.78 is 11.2. The fourth-order valence-electron chi connectivity index (χ4n) is 3.17. The summed E-state index contributed by atoms with van der Waals surface area (Å²) in [5.74, 6) is 1.74. The molecule has 4 rings (SSSR count). The smallest absolute Gasteiger partial charge is 0.193 e. The van der Waals surface area contributed by atoms with E-state index in [0.29, 0.717) is 17.7 Å². The van der Waals surface area contributed by atoms with Crippen molar-refractivity contribution in [2.24, 2.45) is 0 Å². The van der Waals surface area contributed by atoms with Crippen LogP contribution in [0.2, 0.25) is 0 Å². The molecule has 2 aromatic carbocycles. The van der Waals surface area contributed by atoms with Crippen LogP contribution >= 0.6 is 0 Å². The monoisotopic (exact) mass is 333 g/mol. The highest BCUT2D eigenvalue weighted by molar-refractivity contribution is 6.08. The number of carbonyl (C=O) groups excluding carboxylic acids is 1. The molecular formula is C21H19NO3. The van der Waals surface area contributed by atoms with Gasteiger partial charge in [0, 0.05) is 23.1 Å². The second-order valence-corrected chi connectivity index (χ2v) is 6.25. The number of hydrogen-bond acceptors (Lipinski definition) is 4. The van der Waals surface area contributed by atoms with E-state index in [2.05, 4.69) is 5.16 Å². The van der Waals surface area contributed by atoms with E-state index in [1.807, 2.05) is 42.5 Å². The van der Waals surface area contributed by atoms with Gasteiger partial charge in [-0.05, 0) is 43.5 Å². The number of aryl methyl sites for hydroxylation is 1. The highest BCUT2D eigenvalue weighted by atomic mass is 16.5. The van der Waals surface area contributed by atoms with Crippen molar-refractivity contribution in [1.29, 1.82) is 0 Å². The van der Waals surface area contributed by atoms with Gasteiger partial charge >= 0.3 is 0 Å². The Kier molecular flexibility index (Phi) is 4.34. The van der Waals surface area contributed by atoms with E-state index in [1.54, 1.807) is 12.1 Å². The number of ketones is 1. The van der Waals surface area contributed by atoms with Crippen molar-refractivity contribution in [3.05, 3.63) is 82.7 Å². The number of hydrogen-bond donors (Lipinski definition) is 0. The number of fused-ring (bicyclic) bond motifs is 1. The first-order chi connectivity index (χ1) is 12.3. The fourth-order valence-corrected chi connectivity index (χ4v) is 3.17. The summed E-state index contributed by atoms with van der Waals surface area (Å²) in [5, 5.41) is 4.14. The first-order valence-corrected chi connectivity index (χ1v) is 8.60. The number of nitrogens with zero attached hydrogens (tertiary/aromatic N) is 1. The van der Waals surface area contributed by atoms with Crippen LogP contribution in [0.1, 0.15) is 45.8 Å². The van der Waals surface area contributed by atoms with Crippen LogP contribution in [-0.4, -0.2) is 10.9 Å². The zero-order valence-corrected chi connectivity index (χ0v) is 13.9. The Hall–Kier alpha value is -2.88. The van der Waals surface area contributed by atoms with Crippen molar-refractivity contribution < 1.29 is 14.1 Å². The molecule has 0 radical (unpaired) electrons. The van der Waals surface area contributed by atoms with Crippen molar-refractivity contribution >= 4 is 5.78 Å². The van der Waals surface area contributed by atoms with Crippen LogP contribution in [0.4, 0.5) is 0 Å². The number of ether oxygens (including phenoxy) is 1. The minimum Gasteiger partial charge on any atom is -0.487 e. The molecule has 1 heterocycles. The predicted octanol–water partition coefficient (Wildman–Crippen LogP) is 4.36. The van der Waals surface area contributed by atoms with E-state index in [9.17, 15) is 4.79 Å². The molecule has 0 amide bonds. The standard InChI is InChI=1S/C21H19NO3/c23-21(15-6-2-1-3-7-15)16-10-12-17(13-11-16)24-14-19-18-8-4-5-9-20(18)25-22-19/h1-3,6-7,10-13H,4-5,8-9,14H2. The Labute approximate surface area is 146 Å². The van der Waals surface area contributed by atoms with Crippen molar-refractivity contribution in [3.8, 4) is 5.75 Å². The van der Waals surface area contributed by atoms with Gasteiger partial charge in [0.25, 0.3) is 0 Å². The van der Waals surface area contributed by atoms with Crippen molar-refractivity contribution in [1.82, 2.24) is 5.16 Å². The lowest BCUT2D eigenvalue weighted by Gasteiger charge is -2.10. The highest BCUT2D eigenvalue weighted by Crippen LogP contribution is 2.25. The molecule has 1 aliphatic rings. The molecule has 4 nitrogen and oxygen atoms in total. The van der Waals surface area contributed by atoms with Gasteiger partial charge in [0.2, 0.25) is 0 Å².